The zero-order valence-corrected chi connectivity index (χ0v) is 33.5. The third kappa shape index (κ3) is 9.56. The molecule has 2 atom stereocenters. The van der Waals surface area contributed by atoms with Gasteiger partial charge in [0.1, 0.15) is 33.8 Å². The Labute approximate surface area is 329 Å². The van der Waals surface area contributed by atoms with Crippen molar-refractivity contribution in [2.75, 3.05) is 29.5 Å². The van der Waals surface area contributed by atoms with Gasteiger partial charge in [0.15, 0.2) is 18.2 Å². The van der Waals surface area contributed by atoms with Crippen LogP contribution in [0.25, 0.3) is 22.2 Å². The largest absolute Gasteiger partial charge is 0.454 e. The van der Waals surface area contributed by atoms with Gasteiger partial charge in [0, 0.05) is 19.3 Å². The van der Waals surface area contributed by atoms with Crippen LogP contribution < -0.4 is 14.5 Å². The van der Waals surface area contributed by atoms with E-state index in [0.717, 1.165) is 12.3 Å². The van der Waals surface area contributed by atoms with Crippen LogP contribution in [-0.4, -0.2) is 92.9 Å². The Morgan fingerprint density at radius 1 is 0.821 bits per heavy atom. The lowest BCUT2D eigenvalue weighted by Gasteiger charge is -2.42. The van der Waals surface area contributed by atoms with Gasteiger partial charge in [-0.3, -0.25) is 9.88 Å². The van der Waals surface area contributed by atoms with E-state index in [2.05, 4.69) is 15.0 Å². The van der Waals surface area contributed by atoms with Gasteiger partial charge in [-0.05, 0) is 81.2 Å². The summed E-state index contributed by atoms with van der Waals surface area (Å²) >= 11 is 12.7. The first-order chi connectivity index (χ1) is 25.6. The highest BCUT2D eigenvalue weighted by molar-refractivity contribution is 6.38. The molecular formula is C36H41Cl2F5N6O7. The molecule has 3 aromatic rings. The molecular weight excluding hydrogens is 794 g/mol. The molecule has 2 aliphatic rings. The van der Waals surface area contributed by atoms with Crippen molar-refractivity contribution in [3.8, 4) is 17.3 Å². The number of alkyl halides is 3. The summed E-state index contributed by atoms with van der Waals surface area (Å²) in [6, 6.07) is -0.812. The number of ether oxygens (including phenoxy) is 4. The monoisotopic (exact) mass is 834 g/mol. The quantitative estimate of drug-likeness (QED) is 0.138. The predicted octanol–water partition coefficient (Wildman–Crippen LogP) is 9.48. The molecule has 1 aromatic carbocycles. The maximum atomic E-state index is 17.1. The van der Waals surface area contributed by atoms with Gasteiger partial charge < -0.3 is 23.8 Å². The number of amides is 3. The molecule has 306 valence electrons. The van der Waals surface area contributed by atoms with Crippen LogP contribution in [0.3, 0.4) is 0 Å². The predicted molar refractivity (Wildman–Crippen MR) is 196 cm³/mol. The number of nitrogens with zero attached hydrogens (tertiary/aromatic N) is 6. The van der Waals surface area contributed by atoms with E-state index in [9.17, 15) is 27.6 Å². The van der Waals surface area contributed by atoms with Gasteiger partial charge in [-0.25, -0.2) is 23.2 Å². The number of halogens is 7. The number of benzene rings is 1. The molecule has 56 heavy (non-hydrogen) atoms. The van der Waals surface area contributed by atoms with E-state index in [4.69, 9.17) is 42.1 Å². The van der Waals surface area contributed by atoms with E-state index >= 15 is 8.78 Å². The normalized spacial score (nSPS) is 17.6. The third-order valence-corrected chi connectivity index (χ3v) is 8.72. The number of hydrogen-bond donors (Lipinski definition) is 0. The molecule has 2 aromatic heterocycles. The number of pyridine rings is 1. The highest BCUT2D eigenvalue weighted by Gasteiger charge is 2.45. The smallest absolute Gasteiger partial charge is 0.424 e. The SMILES string of the molecule is CC(C)(C)OC(=O)N(C(=O)OC(C)(C)C)c1c(Cl)cc(Cl)c(F)c1-c1ncc2c(N3CC4CCC(C3)N4C(=O)OC(C)(C)C)nc(OCC(F)(F)F)nc2c1F. The van der Waals surface area contributed by atoms with Gasteiger partial charge >= 0.3 is 30.5 Å². The number of anilines is 2. The molecule has 20 heteroatoms. The summed E-state index contributed by atoms with van der Waals surface area (Å²) in [4.78, 5) is 56.2. The molecule has 2 aliphatic heterocycles. The first-order valence-electron chi connectivity index (χ1n) is 17.4. The van der Waals surface area contributed by atoms with Crippen molar-refractivity contribution in [3.63, 3.8) is 0 Å². The number of carbonyl (C=O) groups excluding carboxylic acids is 3. The van der Waals surface area contributed by atoms with Crippen LogP contribution in [-0.2, 0) is 14.2 Å². The lowest BCUT2D eigenvalue weighted by Crippen LogP contribution is -2.57. The van der Waals surface area contributed by atoms with Crippen LogP contribution in [0, 0.1) is 11.6 Å². The molecule has 2 bridgehead atoms. The second-order valence-corrected chi connectivity index (χ2v) is 17.1. The van der Waals surface area contributed by atoms with Crippen molar-refractivity contribution in [2.45, 2.75) is 110 Å². The van der Waals surface area contributed by atoms with Gasteiger partial charge in [0.05, 0.1) is 38.8 Å². The Morgan fingerprint density at radius 2 is 1.36 bits per heavy atom. The van der Waals surface area contributed by atoms with E-state index in [-0.39, 0.29) is 29.2 Å². The fraction of sp³-hybridized carbons (Fsp3) is 0.556. The van der Waals surface area contributed by atoms with E-state index in [1.807, 2.05) is 0 Å². The Morgan fingerprint density at radius 3 is 1.86 bits per heavy atom. The number of imide groups is 1. The number of piperazine rings is 1. The zero-order chi connectivity index (χ0) is 41.9. The molecule has 2 unspecified atom stereocenters. The maximum Gasteiger partial charge on any atom is 0.424 e. The van der Waals surface area contributed by atoms with Crippen LogP contribution in [0.15, 0.2) is 12.3 Å². The van der Waals surface area contributed by atoms with E-state index in [1.54, 1.807) is 30.6 Å². The van der Waals surface area contributed by atoms with Crippen molar-refractivity contribution < 1.29 is 55.3 Å². The molecule has 0 saturated carbocycles. The van der Waals surface area contributed by atoms with Crippen molar-refractivity contribution in [2.24, 2.45) is 0 Å². The van der Waals surface area contributed by atoms with Crippen molar-refractivity contribution in [1.82, 2.24) is 19.9 Å². The molecule has 0 radical (unpaired) electrons. The summed E-state index contributed by atoms with van der Waals surface area (Å²) in [7, 11) is 0. The van der Waals surface area contributed by atoms with E-state index in [0.29, 0.717) is 12.8 Å². The first-order valence-corrected chi connectivity index (χ1v) is 18.2. The van der Waals surface area contributed by atoms with Crippen LogP contribution >= 0.6 is 23.2 Å². The summed E-state index contributed by atoms with van der Waals surface area (Å²) in [5, 5.41) is -1.32. The summed E-state index contributed by atoms with van der Waals surface area (Å²) < 4.78 is 94.7. The fourth-order valence-electron chi connectivity index (χ4n) is 6.23. The third-order valence-electron chi connectivity index (χ3n) is 8.15. The number of fused-ring (bicyclic) bond motifs is 3. The topological polar surface area (TPSA) is 137 Å². The van der Waals surface area contributed by atoms with Gasteiger partial charge in [0.25, 0.3) is 0 Å². The molecule has 0 N–H and O–H groups in total. The average molecular weight is 836 g/mol. The number of aromatic nitrogens is 3. The highest BCUT2D eigenvalue weighted by Crippen LogP contribution is 2.45. The fourth-order valence-corrected chi connectivity index (χ4v) is 6.78. The molecule has 4 heterocycles. The van der Waals surface area contributed by atoms with Crippen LogP contribution in [0.2, 0.25) is 10.0 Å². The summed E-state index contributed by atoms with van der Waals surface area (Å²) in [6.45, 7) is 12.5. The van der Waals surface area contributed by atoms with Crippen LogP contribution in [0.4, 0.5) is 47.8 Å². The molecule has 5 rings (SSSR count). The van der Waals surface area contributed by atoms with Crippen molar-refractivity contribution in [1.29, 1.82) is 0 Å². The van der Waals surface area contributed by atoms with Gasteiger partial charge in [0.2, 0.25) is 0 Å². The van der Waals surface area contributed by atoms with Crippen molar-refractivity contribution >= 4 is 63.9 Å². The minimum absolute atomic E-state index is 0.0835. The van der Waals surface area contributed by atoms with Gasteiger partial charge in [-0.15, -0.1) is 0 Å². The molecule has 2 fully saturated rings. The van der Waals surface area contributed by atoms with E-state index in [1.165, 1.54) is 41.5 Å². The molecule has 2 saturated heterocycles. The Bertz CT molecular complexity index is 2010. The standard InChI is InChI=1S/C36H41Cl2F5N6O7/c1-33(2,3)54-30(50)48-17-10-11-18(48)15-47(14-17)28-19-13-44-26(24(40)25(19)45-29(46-28)53-16-36(41,42)43)22-23(39)20(37)12-21(38)27(22)49(31(51)55-34(4,5)6)32(52)56-35(7,8)9/h12-13,17-18H,10-11,14-16H2,1-9H3. The molecule has 3 amide bonds. The number of rotatable bonds is 5. The minimum Gasteiger partial charge on any atom is -0.454 e. The summed E-state index contributed by atoms with van der Waals surface area (Å²) in [6.07, 6.45) is -5.95. The Balaban J connectivity index is 1.70. The maximum absolute atomic E-state index is 17.1. The first kappa shape index (κ1) is 42.7. The van der Waals surface area contributed by atoms with Crippen molar-refractivity contribution in [3.05, 3.63) is 33.9 Å². The average Bonchev–Trinajstić information content (AvgIpc) is 3.29. The van der Waals surface area contributed by atoms with Gasteiger partial charge in [-0.1, -0.05) is 23.2 Å². The number of hydrogen-bond acceptors (Lipinski definition) is 11. The Kier molecular flexibility index (Phi) is 11.5. The Hall–Kier alpha value is -4.45. The minimum atomic E-state index is -4.83. The lowest BCUT2D eigenvalue weighted by atomic mass is 10.0. The second kappa shape index (κ2) is 15.1. The molecule has 0 aliphatic carbocycles. The zero-order valence-electron chi connectivity index (χ0n) is 32.0. The number of carbonyl (C=O) groups is 3. The molecule has 0 spiro atoms. The van der Waals surface area contributed by atoms with Crippen LogP contribution in [0.5, 0.6) is 6.01 Å². The van der Waals surface area contributed by atoms with E-state index < -0.39 is 110 Å². The molecule has 13 nitrogen and oxygen atoms in total. The summed E-state index contributed by atoms with van der Waals surface area (Å²) in [5.74, 6) is -2.89. The second-order valence-electron chi connectivity index (χ2n) is 16.3. The summed E-state index contributed by atoms with van der Waals surface area (Å²) in [5.41, 5.74) is -6.42. The lowest BCUT2D eigenvalue weighted by molar-refractivity contribution is -0.154. The van der Waals surface area contributed by atoms with Gasteiger partial charge in [-0.2, -0.15) is 28.0 Å². The highest BCUT2D eigenvalue weighted by atomic mass is 35.5. The van der Waals surface area contributed by atoms with Crippen LogP contribution in [0.1, 0.15) is 75.2 Å².